The van der Waals surface area contributed by atoms with Crippen LogP contribution in [0.1, 0.15) is 47.1 Å². The maximum Gasteiger partial charge on any atom is 0.277 e. The number of sulfone groups is 1. The second-order valence-corrected chi connectivity index (χ2v) is 10.9. The molecule has 8 heteroatoms. The molecule has 0 radical (unpaired) electrons. The van der Waals surface area contributed by atoms with Crippen molar-refractivity contribution in [1.29, 1.82) is 0 Å². The molecular formula is C19H22N2O4S2. The van der Waals surface area contributed by atoms with Crippen molar-refractivity contribution in [3.05, 3.63) is 40.8 Å². The van der Waals surface area contributed by atoms with Crippen LogP contribution in [-0.4, -0.2) is 41.2 Å². The summed E-state index contributed by atoms with van der Waals surface area (Å²) in [7, 11) is -2.91. The Morgan fingerprint density at radius 1 is 1.30 bits per heavy atom. The van der Waals surface area contributed by atoms with E-state index in [1.807, 2.05) is 19.1 Å². The smallest absolute Gasteiger partial charge is 0.277 e. The van der Waals surface area contributed by atoms with Crippen LogP contribution in [0.4, 0.5) is 0 Å². The van der Waals surface area contributed by atoms with Crippen molar-refractivity contribution >= 4 is 27.4 Å². The Bertz CT molecular complexity index is 968. The zero-order chi connectivity index (χ0) is 19.0. The van der Waals surface area contributed by atoms with Gasteiger partial charge in [-0.2, -0.15) is 0 Å². The van der Waals surface area contributed by atoms with E-state index in [1.165, 1.54) is 22.9 Å². The lowest BCUT2D eigenvalue weighted by Crippen LogP contribution is -2.13. The molecule has 1 fully saturated rings. The Labute approximate surface area is 163 Å². The summed E-state index contributed by atoms with van der Waals surface area (Å²) in [5.41, 5.74) is 3.36. The van der Waals surface area contributed by atoms with Gasteiger partial charge in [0.15, 0.2) is 15.6 Å². The molecule has 4 rings (SSSR count). The van der Waals surface area contributed by atoms with Crippen LogP contribution in [-0.2, 0) is 29.1 Å². The Balaban J connectivity index is 1.37. The highest BCUT2D eigenvalue weighted by molar-refractivity contribution is 8.00. The van der Waals surface area contributed by atoms with Gasteiger partial charge in [-0.25, -0.2) is 8.42 Å². The summed E-state index contributed by atoms with van der Waals surface area (Å²) >= 11 is 1.25. The molecule has 2 aromatic rings. The van der Waals surface area contributed by atoms with E-state index in [-0.39, 0.29) is 28.5 Å². The lowest BCUT2D eigenvalue weighted by Gasteiger charge is -2.09. The number of benzene rings is 1. The third-order valence-electron chi connectivity index (χ3n) is 5.27. The zero-order valence-corrected chi connectivity index (χ0v) is 16.8. The van der Waals surface area contributed by atoms with E-state index >= 15 is 0 Å². The van der Waals surface area contributed by atoms with E-state index < -0.39 is 9.84 Å². The summed E-state index contributed by atoms with van der Waals surface area (Å²) in [6, 6.07) is 5.98. The third-order valence-corrected chi connectivity index (χ3v) is 8.04. The Morgan fingerprint density at radius 3 is 2.89 bits per heavy atom. The lowest BCUT2D eigenvalue weighted by atomic mass is 10.0. The van der Waals surface area contributed by atoms with Gasteiger partial charge < -0.3 is 4.42 Å². The molecule has 0 unspecified atom stereocenters. The summed E-state index contributed by atoms with van der Waals surface area (Å²) in [5, 5.41) is 8.05. The number of aromatic nitrogens is 2. The average molecular weight is 407 g/mol. The maximum absolute atomic E-state index is 12.7. The number of aryl methyl sites for hydroxylation is 2. The van der Waals surface area contributed by atoms with Crippen LogP contribution >= 0.6 is 11.8 Å². The minimum absolute atomic E-state index is 0.0405. The highest BCUT2D eigenvalue weighted by Gasteiger charge is 2.29. The Morgan fingerprint density at radius 2 is 2.11 bits per heavy atom. The first kappa shape index (κ1) is 18.7. The number of hydrogen-bond acceptors (Lipinski definition) is 7. The van der Waals surface area contributed by atoms with E-state index in [0.717, 1.165) is 24.8 Å². The first-order chi connectivity index (χ1) is 12.9. The number of ketones is 1. The highest BCUT2D eigenvalue weighted by Crippen LogP contribution is 2.29. The van der Waals surface area contributed by atoms with E-state index in [4.69, 9.17) is 4.42 Å². The molecule has 2 aliphatic rings. The van der Waals surface area contributed by atoms with Gasteiger partial charge in [0.1, 0.15) is 0 Å². The first-order valence-electron chi connectivity index (χ1n) is 9.25. The van der Waals surface area contributed by atoms with Crippen molar-refractivity contribution in [2.24, 2.45) is 5.92 Å². The van der Waals surface area contributed by atoms with Crippen molar-refractivity contribution < 1.29 is 17.6 Å². The zero-order valence-electron chi connectivity index (χ0n) is 15.2. The van der Waals surface area contributed by atoms with Crippen molar-refractivity contribution in [1.82, 2.24) is 10.2 Å². The van der Waals surface area contributed by atoms with Gasteiger partial charge in [0, 0.05) is 12.0 Å². The predicted molar refractivity (Wildman–Crippen MR) is 103 cm³/mol. The average Bonchev–Trinajstić information content (AvgIpc) is 3.34. The van der Waals surface area contributed by atoms with Crippen LogP contribution in [0.5, 0.6) is 0 Å². The van der Waals surface area contributed by atoms with Gasteiger partial charge in [0.25, 0.3) is 5.22 Å². The SMILES string of the molecule is C[C@H](Sc1nnc(C[C@@H]2CCS(=O)(=O)C2)o1)C(=O)c1ccc2c(c1)CCC2. The molecule has 0 amide bonds. The van der Waals surface area contributed by atoms with Crippen LogP contribution < -0.4 is 0 Å². The molecule has 27 heavy (non-hydrogen) atoms. The highest BCUT2D eigenvalue weighted by atomic mass is 32.2. The van der Waals surface area contributed by atoms with Crippen molar-refractivity contribution in [3.63, 3.8) is 0 Å². The number of thioether (sulfide) groups is 1. The number of carbonyl (C=O) groups excluding carboxylic acids is 1. The molecule has 2 atom stereocenters. The van der Waals surface area contributed by atoms with Crippen LogP contribution in [0.2, 0.25) is 0 Å². The quantitative estimate of drug-likeness (QED) is 0.538. The first-order valence-corrected chi connectivity index (χ1v) is 12.0. The van der Waals surface area contributed by atoms with Crippen molar-refractivity contribution in [2.75, 3.05) is 11.5 Å². The molecule has 144 valence electrons. The fraction of sp³-hybridized carbons (Fsp3) is 0.526. The topological polar surface area (TPSA) is 90.1 Å². The summed E-state index contributed by atoms with van der Waals surface area (Å²) in [6.45, 7) is 1.84. The molecule has 1 aliphatic heterocycles. The molecule has 0 N–H and O–H groups in total. The molecule has 2 heterocycles. The van der Waals surface area contributed by atoms with Gasteiger partial charge in [-0.1, -0.05) is 23.9 Å². The summed E-state index contributed by atoms with van der Waals surface area (Å²) in [6.07, 6.45) is 4.41. The van der Waals surface area contributed by atoms with E-state index in [1.54, 1.807) is 0 Å². The van der Waals surface area contributed by atoms with Gasteiger partial charge in [-0.3, -0.25) is 4.79 Å². The molecule has 1 saturated heterocycles. The largest absolute Gasteiger partial charge is 0.416 e. The molecular weight excluding hydrogens is 384 g/mol. The van der Waals surface area contributed by atoms with Crippen LogP contribution in [0.15, 0.2) is 27.8 Å². The molecule has 1 aromatic heterocycles. The number of carbonyl (C=O) groups is 1. The third kappa shape index (κ3) is 4.27. The Kier molecular flexibility index (Phi) is 5.11. The number of nitrogens with zero attached hydrogens (tertiary/aromatic N) is 2. The van der Waals surface area contributed by atoms with Crippen LogP contribution in [0, 0.1) is 5.92 Å². The monoisotopic (exact) mass is 406 g/mol. The van der Waals surface area contributed by atoms with Crippen LogP contribution in [0.25, 0.3) is 0 Å². The molecule has 0 saturated carbocycles. The van der Waals surface area contributed by atoms with E-state index in [2.05, 4.69) is 16.3 Å². The van der Waals surface area contributed by atoms with E-state index in [0.29, 0.717) is 24.0 Å². The summed E-state index contributed by atoms with van der Waals surface area (Å²) < 4.78 is 28.7. The lowest BCUT2D eigenvalue weighted by molar-refractivity contribution is 0.0993. The summed E-state index contributed by atoms with van der Waals surface area (Å²) in [4.78, 5) is 12.7. The molecule has 6 nitrogen and oxygen atoms in total. The van der Waals surface area contributed by atoms with E-state index in [9.17, 15) is 13.2 Å². The van der Waals surface area contributed by atoms with Gasteiger partial charge in [-0.05, 0) is 55.7 Å². The number of Topliss-reactive ketones (excluding diaryl/α,β-unsaturated/α-hetero) is 1. The second kappa shape index (κ2) is 7.39. The predicted octanol–water partition coefficient (Wildman–Crippen LogP) is 2.90. The molecule has 0 bridgehead atoms. The molecule has 1 aromatic carbocycles. The maximum atomic E-state index is 12.7. The van der Waals surface area contributed by atoms with Gasteiger partial charge in [0.05, 0.1) is 16.8 Å². The normalized spacial score (nSPS) is 21.9. The Hall–Kier alpha value is -1.67. The molecule has 1 aliphatic carbocycles. The minimum Gasteiger partial charge on any atom is -0.416 e. The fourth-order valence-corrected chi connectivity index (χ4v) is 6.45. The number of fused-ring (bicyclic) bond motifs is 1. The second-order valence-electron chi connectivity index (χ2n) is 7.40. The number of hydrogen-bond donors (Lipinski definition) is 0. The van der Waals surface area contributed by atoms with Gasteiger partial charge >= 0.3 is 0 Å². The fourth-order valence-electron chi connectivity index (χ4n) is 3.81. The van der Waals surface area contributed by atoms with Crippen LogP contribution in [0.3, 0.4) is 0 Å². The van der Waals surface area contributed by atoms with Gasteiger partial charge in [0.2, 0.25) is 5.89 Å². The standard InChI is InChI=1S/C19H22N2O4S2/c1-12(18(22)16-6-5-14-3-2-4-15(14)10-16)26-19-21-20-17(25-19)9-13-7-8-27(23,24)11-13/h5-6,10,12-13H,2-4,7-9,11H2,1H3/t12-,13-/m0/s1. The minimum atomic E-state index is -2.91. The van der Waals surface area contributed by atoms with Gasteiger partial charge in [-0.15, -0.1) is 10.2 Å². The molecule has 0 spiro atoms. The van der Waals surface area contributed by atoms with Crippen molar-refractivity contribution in [3.8, 4) is 0 Å². The van der Waals surface area contributed by atoms with Crippen molar-refractivity contribution in [2.45, 2.75) is 49.5 Å². The summed E-state index contributed by atoms with van der Waals surface area (Å²) in [5.74, 6) is 0.956. The number of rotatable bonds is 6.